The molecule has 4 nitrogen and oxygen atoms in total. The Morgan fingerprint density at radius 2 is 1.76 bits per heavy atom. The maximum absolute atomic E-state index is 12.8. The quantitative estimate of drug-likeness (QED) is 0.573. The van der Waals surface area contributed by atoms with Crippen LogP contribution in [-0.4, -0.2) is 29.1 Å². The number of hydrogen-bond donors (Lipinski definition) is 0. The van der Waals surface area contributed by atoms with Gasteiger partial charge in [0.2, 0.25) is 0 Å². The molecule has 0 spiro atoms. The number of halogens is 1. The van der Waals surface area contributed by atoms with Crippen LogP contribution in [0.4, 0.5) is 10.5 Å². The molecular formula is C23H23ClN2O2S. The van der Waals surface area contributed by atoms with Crippen LogP contribution in [0.3, 0.4) is 0 Å². The summed E-state index contributed by atoms with van der Waals surface area (Å²) >= 11 is 6.91. The molecule has 2 aromatic rings. The van der Waals surface area contributed by atoms with Gasteiger partial charge in [-0.2, -0.15) is 0 Å². The number of benzene rings is 2. The predicted octanol–water partition coefficient (Wildman–Crippen LogP) is 5.88. The number of thioether (sulfide) groups is 1. The van der Waals surface area contributed by atoms with E-state index in [1.165, 1.54) is 29.8 Å². The molecule has 0 atom stereocenters. The van der Waals surface area contributed by atoms with Crippen molar-refractivity contribution < 1.29 is 9.59 Å². The van der Waals surface area contributed by atoms with Gasteiger partial charge in [0, 0.05) is 23.8 Å². The number of amides is 2. The number of anilines is 1. The van der Waals surface area contributed by atoms with Crippen LogP contribution in [0.25, 0.3) is 6.08 Å². The van der Waals surface area contributed by atoms with E-state index in [1.807, 2.05) is 24.3 Å². The molecule has 150 valence electrons. The van der Waals surface area contributed by atoms with Crippen molar-refractivity contribution in [2.75, 3.05) is 18.0 Å². The van der Waals surface area contributed by atoms with E-state index in [0.717, 1.165) is 41.5 Å². The van der Waals surface area contributed by atoms with Crippen molar-refractivity contribution in [3.8, 4) is 0 Å². The minimum atomic E-state index is -0.241. The minimum absolute atomic E-state index is 0.237. The monoisotopic (exact) mass is 426 g/mol. The standard InChI is InChI=1S/C23H23ClN2O2S/c1-16-13-20(25-11-3-2-4-12-25)10-7-18(16)14-21-22(27)26(23(28)29-21)15-17-5-8-19(24)9-6-17/h5-10,13-14H,2-4,11-12,15H2,1H3/b21-14+. The summed E-state index contributed by atoms with van der Waals surface area (Å²) in [5.74, 6) is -0.241. The van der Waals surface area contributed by atoms with Crippen molar-refractivity contribution in [3.05, 3.63) is 69.1 Å². The number of rotatable bonds is 4. The van der Waals surface area contributed by atoms with Gasteiger partial charge in [0.05, 0.1) is 11.4 Å². The molecule has 2 fully saturated rings. The second-order valence-corrected chi connectivity index (χ2v) is 8.91. The zero-order chi connectivity index (χ0) is 20.4. The fraction of sp³-hybridized carbons (Fsp3) is 0.304. The third kappa shape index (κ3) is 4.51. The van der Waals surface area contributed by atoms with E-state index >= 15 is 0 Å². The Morgan fingerprint density at radius 1 is 1.03 bits per heavy atom. The van der Waals surface area contributed by atoms with E-state index in [2.05, 4.69) is 24.0 Å². The highest BCUT2D eigenvalue weighted by Crippen LogP contribution is 2.34. The van der Waals surface area contributed by atoms with E-state index < -0.39 is 0 Å². The largest absolute Gasteiger partial charge is 0.372 e. The summed E-state index contributed by atoms with van der Waals surface area (Å²) in [6, 6.07) is 13.5. The topological polar surface area (TPSA) is 40.6 Å². The molecule has 2 amide bonds. The first-order chi connectivity index (χ1) is 14.0. The second kappa shape index (κ2) is 8.64. The molecule has 0 bridgehead atoms. The maximum Gasteiger partial charge on any atom is 0.293 e. The fourth-order valence-electron chi connectivity index (χ4n) is 3.72. The van der Waals surface area contributed by atoms with Gasteiger partial charge in [-0.15, -0.1) is 0 Å². The molecule has 6 heteroatoms. The number of imide groups is 1. The fourth-order valence-corrected chi connectivity index (χ4v) is 4.68. The SMILES string of the molecule is Cc1cc(N2CCCCC2)ccc1/C=C1/SC(=O)N(Cc2ccc(Cl)cc2)C1=O. The summed E-state index contributed by atoms with van der Waals surface area (Å²) < 4.78 is 0. The number of carbonyl (C=O) groups is 2. The molecule has 2 aromatic carbocycles. The molecule has 2 aliphatic rings. The van der Waals surface area contributed by atoms with Crippen molar-refractivity contribution in [3.63, 3.8) is 0 Å². The molecule has 0 radical (unpaired) electrons. The van der Waals surface area contributed by atoms with Gasteiger partial charge < -0.3 is 4.90 Å². The lowest BCUT2D eigenvalue weighted by Gasteiger charge is -2.29. The summed E-state index contributed by atoms with van der Waals surface area (Å²) in [4.78, 5) is 29.4. The van der Waals surface area contributed by atoms with Gasteiger partial charge in [0.15, 0.2) is 0 Å². The number of hydrogen-bond acceptors (Lipinski definition) is 4. The van der Waals surface area contributed by atoms with Crippen LogP contribution in [0, 0.1) is 6.92 Å². The first-order valence-corrected chi connectivity index (χ1v) is 11.1. The van der Waals surface area contributed by atoms with Crippen LogP contribution in [0.5, 0.6) is 0 Å². The molecule has 29 heavy (non-hydrogen) atoms. The molecule has 0 unspecified atom stereocenters. The van der Waals surface area contributed by atoms with E-state index in [4.69, 9.17) is 11.6 Å². The Hall–Kier alpha value is -2.24. The van der Waals surface area contributed by atoms with E-state index in [-0.39, 0.29) is 17.7 Å². The van der Waals surface area contributed by atoms with Crippen molar-refractivity contribution in [2.45, 2.75) is 32.7 Å². The first kappa shape index (κ1) is 20.0. The maximum atomic E-state index is 12.8. The van der Waals surface area contributed by atoms with Gasteiger partial charge in [-0.05, 0) is 85.0 Å². The number of aryl methyl sites for hydroxylation is 1. The Morgan fingerprint density at radius 3 is 2.45 bits per heavy atom. The average Bonchev–Trinajstić information content (AvgIpc) is 2.99. The lowest BCUT2D eigenvalue weighted by molar-refractivity contribution is -0.123. The van der Waals surface area contributed by atoms with Gasteiger partial charge in [0.25, 0.3) is 11.1 Å². The molecule has 2 heterocycles. The summed E-state index contributed by atoms with van der Waals surface area (Å²) in [5.41, 5.74) is 4.19. The summed E-state index contributed by atoms with van der Waals surface area (Å²) in [6.45, 7) is 4.51. The van der Waals surface area contributed by atoms with Gasteiger partial charge in [-0.3, -0.25) is 14.5 Å². The summed E-state index contributed by atoms with van der Waals surface area (Å²) in [6.07, 6.45) is 5.62. The molecular weight excluding hydrogens is 404 g/mol. The highest BCUT2D eigenvalue weighted by atomic mass is 35.5. The van der Waals surface area contributed by atoms with Crippen LogP contribution in [0.2, 0.25) is 5.02 Å². The number of piperidine rings is 1. The van der Waals surface area contributed by atoms with E-state index in [0.29, 0.717) is 9.93 Å². The Balaban J connectivity index is 1.51. The Labute approximate surface area is 180 Å². The zero-order valence-electron chi connectivity index (χ0n) is 16.4. The smallest absolute Gasteiger partial charge is 0.293 e. The van der Waals surface area contributed by atoms with Gasteiger partial charge in [-0.25, -0.2) is 0 Å². The van der Waals surface area contributed by atoms with E-state index in [1.54, 1.807) is 12.1 Å². The Kier molecular flexibility index (Phi) is 5.97. The summed E-state index contributed by atoms with van der Waals surface area (Å²) in [5, 5.41) is 0.394. The molecule has 0 aliphatic carbocycles. The second-order valence-electron chi connectivity index (χ2n) is 7.48. The highest BCUT2D eigenvalue weighted by Gasteiger charge is 2.35. The van der Waals surface area contributed by atoms with Crippen LogP contribution >= 0.6 is 23.4 Å². The molecule has 2 aliphatic heterocycles. The molecule has 0 N–H and O–H groups in total. The Bertz CT molecular complexity index is 965. The summed E-state index contributed by atoms with van der Waals surface area (Å²) in [7, 11) is 0. The van der Waals surface area contributed by atoms with Crippen molar-refractivity contribution in [1.29, 1.82) is 0 Å². The number of carbonyl (C=O) groups excluding carboxylic acids is 2. The third-order valence-corrected chi connectivity index (χ3v) is 6.55. The first-order valence-electron chi connectivity index (χ1n) is 9.87. The normalized spacial score (nSPS) is 18.8. The molecule has 2 saturated heterocycles. The van der Waals surface area contributed by atoms with Crippen LogP contribution < -0.4 is 4.90 Å². The molecule has 4 rings (SSSR count). The van der Waals surface area contributed by atoms with E-state index in [9.17, 15) is 9.59 Å². The van der Waals surface area contributed by atoms with Gasteiger partial charge in [0.1, 0.15) is 0 Å². The highest BCUT2D eigenvalue weighted by molar-refractivity contribution is 8.18. The van der Waals surface area contributed by atoms with Crippen LogP contribution in [-0.2, 0) is 11.3 Å². The third-order valence-electron chi connectivity index (χ3n) is 5.39. The molecule has 0 aromatic heterocycles. The van der Waals surface area contributed by atoms with Crippen LogP contribution in [0.1, 0.15) is 36.0 Å². The van der Waals surface area contributed by atoms with Gasteiger partial charge >= 0.3 is 0 Å². The van der Waals surface area contributed by atoms with Gasteiger partial charge in [-0.1, -0.05) is 29.8 Å². The van der Waals surface area contributed by atoms with Crippen molar-refractivity contribution >= 4 is 46.3 Å². The lowest BCUT2D eigenvalue weighted by atomic mass is 10.0. The van der Waals surface area contributed by atoms with Crippen LogP contribution in [0.15, 0.2) is 47.4 Å². The van der Waals surface area contributed by atoms with Crippen molar-refractivity contribution in [2.24, 2.45) is 0 Å². The van der Waals surface area contributed by atoms with Crippen molar-refractivity contribution in [1.82, 2.24) is 4.90 Å². The molecule has 0 saturated carbocycles. The predicted molar refractivity (Wildman–Crippen MR) is 120 cm³/mol. The lowest BCUT2D eigenvalue weighted by Crippen LogP contribution is -2.29. The number of nitrogens with zero attached hydrogens (tertiary/aromatic N) is 2. The average molecular weight is 427 g/mol. The minimum Gasteiger partial charge on any atom is -0.372 e. The zero-order valence-corrected chi connectivity index (χ0v) is 17.9.